The van der Waals surface area contributed by atoms with E-state index in [-0.39, 0.29) is 11.2 Å². The Hall–Kier alpha value is -2.25. The van der Waals surface area contributed by atoms with Crippen LogP contribution in [0.2, 0.25) is 5.02 Å². The molecule has 1 spiro atoms. The van der Waals surface area contributed by atoms with Crippen molar-refractivity contribution in [2.24, 2.45) is 5.41 Å². The van der Waals surface area contributed by atoms with E-state index in [0.717, 1.165) is 55.8 Å². The SMILES string of the molecule is CC(C)c1ccc(N2CCC3(CC2)CC(C)N(c2ccc(C#N)c(Cl)c2)C3)c(F)c1. The van der Waals surface area contributed by atoms with Gasteiger partial charge in [-0.2, -0.15) is 5.26 Å². The summed E-state index contributed by atoms with van der Waals surface area (Å²) in [6.07, 6.45) is 3.25. The first-order chi connectivity index (χ1) is 14.3. The van der Waals surface area contributed by atoms with E-state index in [1.807, 2.05) is 24.3 Å². The molecule has 0 amide bonds. The number of nitrogens with zero attached hydrogens (tertiary/aromatic N) is 3. The molecule has 2 fully saturated rings. The molecule has 158 valence electrons. The Balaban J connectivity index is 1.46. The molecular formula is C25H29ClFN3. The summed E-state index contributed by atoms with van der Waals surface area (Å²) in [5.41, 5.74) is 3.63. The molecule has 0 saturated carbocycles. The van der Waals surface area contributed by atoms with E-state index >= 15 is 0 Å². The normalized spacial score (nSPS) is 20.8. The minimum Gasteiger partial charge on any atom is -0.369 e. The van der Waals surface area contributed by atoms with Gasteiger partial charge in [0.05, 0.1) is 16.3 Å². The van der Waals surface area contributed by atoms with Gasteiger partial charge < -0.3 is 9.80 Å². The van der Waals surface area contributed by atoms with Crippen LogP contribution in [0, 0.1) is 22.6 Å². The van der Waals surface area contributed by atoms with E-state index in [0.29, 0.717) is 22.5 Å². The molecule has 0 bridgehead atoms. The first-order valence-electron chi connectivity index (χ1n) is 10.8. The Labute approximate surface area is 184 Å². The van der Waals surface area contributed by atoms with Crippen molar-refractivity contribution in [3.8, 4) is 6.07 Å². The summed E-state index contributed by atoms with van der Waals surface area (Å²) in [6, 6.07) is 14.0. The number of hydrogen-bond donors (Lipinski definition) is 0. The van der Waals surface area contributed by atoms with E-state index in [1.165, 1.54) is 0 Å². The third kappa shape index (κ3) is 3.88. The summed E-state index contributed by atoms with van der Waals surface area (Å²) >= 11 is 6.27. The van der Waals surface area contributed by atoms with Gasteiger partial charge in [-0.15, -0.1) is 0 Å². The van der Waals surface area contributed by atoms with Gasteiger partial charge in [0.2, 0.25) is 0 Å². The summed E-state index contributed by atoms with van der Waals surface area (Å²) in [4.78, 5) is 4.62. The van der Waals surface area contributed by atoms with Gasteiger partial charge in [0.25, 0.3) is 0 Å². The molecule has 2 aromatic carbocycles. The summed E-state index contributed by atoms with van der Waals surface area (Å²) < 4.78 is 14.7. The summed E-state index contributed by atoms with van der Waals surface area (Å²) in [7, 11) is 0. The standard InChI is InChI=1S/C25H29ClFN3/c1-17(2)19-5-7-24(23(27)12-19)29-10-8-25(9-11-29)14-18(3)30(16-25)21-6-4-20(15-28)22(26)13-21/h4-7,12-13,17-18H,8-11,14,16H2,1-3H3. The van der Waals surface area contributed by atoms with Crippen molar-refractivity contribution in [1.29, 1.82) is 5.26 Å². The zero-order chi connectivity index (χ0) is 21.5. The van der Waals surface area contributed by atoms with Crippen molar-refractivity contribution < 1.29 is 4.39 Å². The van der Waals surface area contributed by atoms with Gasteiger partial charge in [-0.3, -0.25) is 0 Å². The van der Waals surface area contributed by atoms with Crippen molar-refractivity contribution in [3.63, 3.8) is 0 Å². The zero-order valence-corrected chi connectivity index (χ0v) is 18.7. The second kappa shape index (κ2) is 8.12. The molecule has 0 aliphatic carbocycles. The maximum atomic E-state index is 14.7. The number of rotatable bonds is 3. The lowest BCUT2D eigenvalue weighted by atomic mass is 9.76. The maximum Gasteiger partial charge on any atom is 0.146 e. The van der Waals surface area contributed by atoms with Gasteiger partial charge in [-0.05, 0) is 73.4 Å². The Morgan fingerprint density at radius 1 is 1.17 bits per heavy atom. The Morgan fingerprint density at radius 3 is 2.50 bits per heavy atom. The molecule has 0 N–H and O–H groups in total. The van der Waals surface area contributed by atoms with E-state index < -0.39 is 0 Å². The van der Waals surface area contributed by atoms with Crippen LogP contribution >= 0.6 is 11.6 Å². The molecule has 2 aliphatic rings. The van der Waals surface area contributed by atoms with Crippen LogP contribution < -0.4 is 9.80 Å². The summed E-state index contributed by atoms with van der Waals surface area (Å²) in [5.74, 6) is 0.227. The molecule has 2 aromatic rings. The Bertz CT molecular complexity index is 973. The van der Waals surface area contributed by atoms with Crippen molar-refractivity contribution >= 4 is 23.0 Å². The van der Waals surface area contributed by atoms with E-state index in [2.05, 4.69) is 42.7 Å². The highest BCUT2D eigenvalue weighted by Gasteiger charge is 2.44. The number of halogens is 2. The Kier molecular flexibility index (Phi) is 5.68. The van der Waals surface area contributed by atoms with Gasteiger partial charge in [0, 0.05) is 31.4 Å². The number of piperidine rings is 1. The van der Waals surface area contributed by atoms with Crippen LogP contribution in [0.25, 0.3) is 0 Å². The zero-order valence-electron chi connectivity index (χ0n) is 18.0. The van der Waals surface area contributed by atoms with Gasteiger partial charge in [0.15, 0.2) is 0 Å². The highest BCUT2D eigenvalue weighted by atomic mass is 35.5. The molecule has 3 nitrogen and oxygen atoms in total. The largest absolute Gasteiger partial charge is 0.369 e. The van der Waals surface area contributed by atoms with E-state index in [1.54, 1.807) is 6.07 Å². The molecule has 4 rings (SSSR count). The fourth-order valence-corrected chi connectivity index (χ4v) is 5.38. The van der Waals surface area contributed by atoms with Gasteiger partial charge >= 0.3 is 0 Å². The van der Waals surface area contributed by atoms with Crippen LogP contribution in [0.5, 0.6) is 0 Å². The second-order valence-electron chi connectivity index (χ2n) is 9.31. The van der Waals surface area contributed by atoms with Crippen LogP contribution in [0.3, 0.4) is 0 Å². The average molecular weight is 426 g/mol. The first-order valence-corrected chi connectivity index (χ1v) is 11.2. The van der Waals surface area contributed by atoms with Crippen LogP contribution in [-0.4, -0.2) is 25.7 Å². The molecule has 2 saturated heterocycles. The third-order valence-electron chi connectivity index (χ3n) is 6.97. The molecule has 0 radical (unpaired) electrons. The molecular weight excluding hydrogens is 397 g/mol. The summed E-state index contributed by atoms with van der Waals surface area (Å²) in [6.45, 7) is 9.19. The van der Waals surface area contributed by atoms with Crippen molar-refractivity contribution in [2.75, 3.05) is 29.4 Å². The first kappa shape index (κ1) is 21.0. The smallest absolute Gasteiger partial charge is 0.146 e. The molecule has 0 aromatic heterocycles. The number of anilines is 2. The quantitative estimate of drug-likeness (QED) is 0.573. The topological polar surface area (TPSA) is 30.3 Å². The molecule has 1 unspecified atom stereocenters. The predicted octanol–water partition coefficient (Wildman–Crippen LogP) is 6.36. The number of benzene rings is 2. The fraction of sp³-hybridized carbons (Fsp3) is 0.480. The van der Waals surface area contributed by atoms with Crippen LogP contribution in [0.1, 0.15) is 57.1 Å². The lowest BCUT2D eigenvalue weighted by molar-refractivity contribution is 0.244. The molecule has 30 heavy (non-hydrogen) atoms. The average Bonchev–Trinajstić information content (AvgIpc) is 3.04. The summed E-state index contributed by atoms with van der Waals surface area (Å²) in [5, 5.41) is 9.64. The van der Waals surface area contributed by atoms with Gasteiger partial charge in [-0.25, -0.2) is 4.39 Å². The van der Waals surface area contributed by atoms with Crippen molar-refractivity contribution in [3.05, 3.63) is 58.4 Å². The molecule has 1 atom stereocenters. The monoisotopic (exact) mass is 425 g/mol. The van der Waals surface area contributed by atoms with E-state index in [9.17, 15) is 4.39 Å². The maximum absolute atomic E-state index is 14.7. The molecule has 2 aliphatic heterocycles. The van der Waals surface area contributed by atoms with Gasteiger partial charge in [0.1, 0.15) is 11.9 Å². The van der Waals surface area contributed by atoms with Crippen LogP contribution in [0.4, 0.5) is 15.8 Å². The minimum absolute atomic E-state index is 0.106. The number of nitriles is 1. The lowest BCUT2D eigenvalue weighted by Gasteiger charge is -2.40. The number of hydrogen-bond acceptors (Lipinski definition) is 3. The van der Waals surface area contributed by atoms with Crippen LogP contribution in [0.15, 0.2) is 36.4 Å². The fourth-order valence-electron chi connectivity index (χ4n) is 5.16. The highest BCUT2D eigenvalue weighted by Crippen LogP contribution is 2.46. The van der Waals surface area contributed by atoms with Crippen LogP contribution in [-0.2, 0) is 0 Å². The van der Waals surface area contributed by atoms with E-state index in [4.69, 9.17) is 16.9 Å². The molecule has 5 heteroatoms. The van der Waals surface area contributed by atoms with Gasteiger partial charge in [-0.1, -0.05) is 31.5 Å². The van der Waals surface area contributed by atoms with Crippen molar-refractivity contribution in [1.82, 2.24) is 0 Å². The second-order valence-corrected chi connectivity index (χ2v) is 9.72. The predicted molar refractivity (Wildman–Crippen MR) is 122 cm³/mol. The molecule has 2 heterocycles. The minimum atomic E-state index is -0.106. The lowest BCUT2D eigenvalue weighted by Crippen LogP contribution is -2.42. The Morgan fingerprint density at radius 2 is 1.90 bits per heavy atom. The third-order valence-corrected chi connectivity index (χ3v) is 7.29. The van der Waals surface area contributed by atoms with Crippen molar-refractivity contribution in [2.45, 2.75) is 52.0 Å². The highest BCUT2D eigenvalue weighted by molar-refractivity contribution is 6.32.